The highest BCUT2D eigenvalue weighted by molar-refractivity contribution is 5.18. The Kier molecular flexibility index (Phi) is 4.03. The molecule has 1 atom stereocenters. The zero-order valence-electron chi connectivity index (χ0n) is 11.1. The predicted molar refractivity (Wildman–Crippen MR) is 70.7 cm³/mol. The van der Waals surface area contributed by atoms with Crippen LogP contribution in [0, 0.1) is 17.2 Å². The van der Waals surface area contributed by atoms with Crippen molar-refractivity contribution in [1.29, 1.82) is 0 Å². The number of hydrogen-bond donors (Lipinski definition) is 2. The van der Waals surface area contributed by atoms with Crippen molar-refractivity contribution in [1.82, 2.24) is 5.32 Å². The summed E-state index contributed by atoms with van der Waals surface area (Å²) in [5.41, 5.74) is 1.21. The van der Waals surface area contributed by atoms with E-state index in [-0.39, 0.29) is 5.82 Å². The van der Waals surface area contributed by atoms with Crippen molar-refractivity contribution >= 4 is 0 Å². The van der Waals surface area contributed by atoms with Gasteiger partial charge in [-0.25, -0.2) is 4.39 Å². The summed E-state index contributed by atoms with van der Waals surface area (Å²) < 4.78 is 12.8. The van der Waals surface area contributed by atoms with Gasteiger partial charge in [0.25, 0.3) is 0 Å². The van der Waals surface area contributed by atoms with Gasteiger partial charge in [0.2, 0.25) is 0 Å². The van der Waals surface area contributed by atoms with Crippen LogP contribution in [0.5, 0.6) is 0 Å². The second kappa shape index (κ2) is 5.37. The van der Waals surface area contributed by atoms with E-state index in [1.165, 1.54) is 25.0 Å². The highest BCUT2D eigenvalue weighted by Gasteiger charge is 2.44. The molecule has 0 radical (unpaired) electrons. The first-order valence-corrected chi connectivity index (χ1v) is 6.68. The summed E-state index contributed by atoms with van der Waals surface area (Å²) in [5.74, 6) is 0.420. The van der Waals surface area contributed by atoms with Gasteiger partial charge in [0, 0.05) is 13.1 Å². The van der Waals surface area contributed by atoms with Crippen LogP contribution in [0.15, 0.2) is 24.3 Å². The Morgan fingerprint density at radius 3 is 2.39 bits per heavy atom. The summed E-state index contributed by atoms with van der Waals surface area (Å²) in [6.07, 6.45) is 2.00. The third-order valence-corrected chi connectivity index (χ3v) is 4.19. The van der Waals surface area contributed by atoms with Gasteiger partial charge in [-0.1, -0.05) is 26.0 Å². The van der Waals surface area contributed by atoms with E-state index in [1.807, 2.05) is 0 Å². The van der Waals surface area contributed by atoms with Crippen molar-refractivity contribution in [3.63, 3.8) is 0 Å². The minimum atomic E-state index is -0.562. The van der Waals surface area contributed by atoms with E-state index < -0.39 is 6.10 Å². The standard InChI is InChI=1S/C15H22FNO/c1-11(2)15(7-8-15)10-17-9-14(18)12-3-5-13(16)6-4-12/h3-6,11,14,17-18H,7-10H2,1-2H3. The number of aliphatic hydroxyl groups is 1. The lowest BCUT2D eigenvalue weighted by molar-refractivity contribution is 0.169. The molecule has 0 saturated heterocycles. The third-order valence-electron chi connectivity index (χ3n) is 4.19. The lowest BCUT2D eigenvalue weighted by Gasteiger charge is -2.21. The second-order valence-electron chi connectivity index (χ2n) is 5.72. The minimum absolute atomic E-state index is 0.268. The third kappa shape index (κ3) is 3.09. The molecule has 3 heteroatoms. The molecule has 1 unspecified atom stereocenters. The minimum Gasteiger partial charge on any atom is -0.387 e. The Balaban J connectivity index is 1.78. The highest BCUT2D eigenvalue weighted by Crippen LogP contribution is 2.51. The van der Waals surface area contributed by atoms with Crippen molar-refractivity contribution in [2.24, 2.45) is 11.3 Å². The maximum Gasteiger partial charge on any atom is 0.123 e. The van der Waals surface area contributed by atoms with E-state index in [9.17, 15) is 9.50 Å². The number of nitrogens with one attached hydrogen (secondary N) is 1. The summed E-state index contributed by atoms with van der Waals surface area (Å²) in [6.45, 7) is 6.00. The van der Waals surface area contributed by atoms with Crippen LogP contribution in [0.1, 0.15) is 38.4 Å². The van der Waals surface area contributed by atoms with Crippen LogP contribution in [0.4, 0.5) is 4.39 Å². The highest BCUT2D eigenvalue weighted by atomic mass is 19.1. The molecule has 1 aromatic carbocycles. The molecule has 0 aromatic heterocycles. The number of benzene rings is 1. The molecule has 18 heavy (non-hydrogen) atoms. The molecular formula is C15H22FNO. The van der Waals surface area contributed by atoms with Crippen LogP contribution < -0.4 is 5.32 Å². The normalized spacial score (nSPS) is 18.9. The van der Waals surface area contributed by atoms with Crippen molar-refractivity contribution in [3.8, 4) is 0 Å². The molecule has 100 valence electrons. The molecule has 2 nitrogen and oxygen atoms in total. The average molecular weight is 251 g/mol. The van der Waals surface area contributed by atoms with Gasteiger partial charge in [-0.05, 0) is 41.9 Å². The molecule has 0 spiro atoms. The Morgan fingerprint density at radius 2 is 1.89 bits per heavy atom. The number of hydrogen-bond acceptors (Lipinski definition) is 2. The largest absolute Gasteiger partial charge is 0.387 e. The van der Waals surface area contributed by atoms with E-state index in [1.54, 1.807) is 12.1 Å². The molecule has 0 heterocycles. The van der Waals surface area contributed by atoms with Gasteiger partial charge in [-0.2, -0.15) is 0 Å². The Hall–Kier alpha value is -0.930. The van der Waals surface area contributed by atoms with Gasteiger partial charge in [-0.3, -0.25) is 0 Å². The molecule has 1 saturated carbocycles. The molecule has 1 aliphatic rings. The molecular weight excluding hydrogens is 229 g/mol. The molecule has 1 aromatic rings. The summed E-state index contributed by atoms with van der Waals surface area (Å²) in [5, 5.41) is 13.3. The summed E-state index contributed by atoms with van der Waals surface area (Å²) in [4.78, 5) is 0. The first kappa shape index (κ1) is 13.5. The second-order valence-corrected chi connectivity index (χ2v) is 5.72. The molecule has 0 bridgehead atoms. The maximum atomic E-state index is 12.8. The zero-order valence-corrected chi connectivity index (χ0v) is 11.1. The summed E-state index contributed by atoms with van der Waals surface area (Å²) in [6, 6.07) is 6.04. The van der Waals surface area contributed by atoms with Gasteiger partial charge in [0.05, 0.1) is 6.10 Å². The van der Waals surface area contributed by atoms with Gasteiger partial charge in [-0.15, -0.1) is 0 Å². The molecule has 1 aliphatic carbocycles. The fourth-order valence-electron chi connectivity index (χ4n) is 2.38. The van der Waals surface area contributed by atoms with E-state index in [4.69, 9.17) is 0 Å². The summed E-state index contributed by atoms with van der Waals surface area (Å²) >= 11 is 0. The van der Waals surface area contributed by atoms with Crippen LogP contribution >= 0.6 is 0 Å². The monoisotopic (exact) mass is 251 g/mol. The first-order valence-electron chi connectivity index (χ1n) is 6.68. The van der Waals surface area contributed by atoms with E-state index in [0.717, 1.165) is 12.1 Å². The van der Waals surface area contributed by atoms with Crippen LogP contribution in [0.25, 0.3) is 0 Å². The number of aliphatic hydroxyl groups excluding tert-OH is 1. The van der Waals surface area contributed by atoms with E-state index >= 15 is 0 Å². The van der Waals surface area contributed by atoms with Crippen molar-refractivity contribution in [3.05, 3.63) is 35.6 Å². The molecule has 2 rings (SSSR count). The lowest BCUT2D eigenvalue weighted by atomic mass is 9.92. The van der Waals surface area contributed by atoms with Crippen molar-refractivity contribution in [2.75, 3.05) is 13.1 Å². The topological polar surface area (TPSA) is 32.3 Å². The van der Waals surface area contributed by atoms with Gasteiger partial charge in [0.1, 0.15) is 5.82 Å². The summed E-state index contributed by atoms with van der Waals surface area (Å²) in [7, 11) is 0. The lowest BCUT2D eigenvalue weighted by Crippen LogP contribution is -2.30. The fraction of sp³-hybridized carbons (Fsp3) is 0.600. The Bertz CT molecular complexity index is 384. The Morgan fingerprint density at radius 1 is 1.28 bits per heavy atom. The van der Waals surface area contributed by atoms with Crippen molar-refractivity contribution in [2.45, 2.75) is 32.8 Å². The van der Waals surface area contributed by atoms with Crippen LogP contribution in [0.3, 0.4) is 0 Å². The van der Waals surface area contributed by atoms with Crippen LogP contribution in [-0.4, -0.2) is 18.2 Å². The van der Waals surface area contributed by atoms with E-state index in [0.29, 0.717) is 17.9 Å². The predicted octanol–water partition coefficient (Wildman–Crippen LogP) is 2.88. The molecule has 2 N–H and O–H groups in total. The maximum absolute atomic E-state index is 12.8. The first-order chi connectivity index (χ1) is 8.53. The SMILES string of the molecule is CC(C)C1(CNCC(O)c2ccc(F)cc2)CC1. The van der Waals surface area contributed by atoms with Crippen LogP contribution in [-0.2, 0) is 0 Å². The van der Waals surface area contributed by atoms with E-state index in [2.05, 4.69) is 19.2 Å². The quantitative estimate of drug-likeness (QED) is 0.815. The fourth-order valence-corrected chi connectivity index (χ4v) is 2.38. The van der Waals surface area contributed by atoms with Gasteiger partial charge in [0.15, 0.2) is 0 Å². The Labute approximate surface area is 108 Å². The molecule has 0 amide bonds. The van der Waals surface area contributed by atoms with Gasteiger partial charge >= 0.3 is 0 Å². The average Bonchev–Trinajstić information content (AvgIpc) is 3.11. The van der Waals surface area contributed by atoms with Gasteiger partial charge < -0.3 is 10.4 Å². The molecule has 0 aliphatic heterocycles. The smallest absolute Gasteiger partial charge is 0.123 e. The zero-order chi connectivity index (χ0) is 13.2. The van der Waals surface area contributed by atoms with Crippen LogP contribution in [0.2, 0.25) is 0 Å². The number of rotatable bonds is 6. The molecule has 1 fully saturated rings. The number of halogens is 1. The van der Waals surface area contributed by atoms with Crippen molar-refractivity contribution < 1.29 is 9.50 Å².